The van der Waals surface area contributed by atoms with Crippen LogP contribution in [0.1, 0.15) is 22.4 Å². The maximum Gasteiger partial charge on any atom is 0.146 e. The molecule has 0 spiro atoms. The molecule has 1 aromatic carbocycles. The molecule has 2 aromatic heterocycles. The summed E-state index contributed by atoms with van der Waals surface area (Å²) in [6.07, 6.45) is 1.87. The summed E-state index contributed by atoms with van der Waals surface area (Å²) in [6, 6.07) is 12.5. The second-order valence-electron chi connectivity index (χ2n) is 5.14. The number of fused-ring (bicyclic) bond motifs is 1. The third kappa shape index (κ3) is 1.86. The van der Waals surface area contributed by atoms with Crippen molar-refractivity contribution in [2.75, 3.05) is 0 Å². The molecule has 98 valence electrons. The van der Waals surface area contributed by atoms with E-state index in [1.165, 1.54) is 5.56 Å². The van der Waals surface area contributed by atoms with Gasteiger partial charge in [-0.25, -0.2) is 4.98 Å². The number of hydrogen-bond donors (Lipinski definition) is 0. The van der Waals surface area contributed by atoms with Gasteiger partial charge in [-0.1, -0.05) is 12.1 Å². The molecule has 0 saturated carbocycles. The number of aryl methyl sites for hydroxylation is 3. The Kier molecular flexibility index (Phi) is 2.80. The van der Waals surface area contributed by atoms with E-state index in [9.17, 15) is 5.26 Å². The highest BCUT2D eigenvalue weighted by Crippen LogP contribution is 2.26. The molecule has 0 unspecified atom stereocenters. The first-order valence-corrected chi connectivity index (χ1v) is 6.56. The minimum atomic E-state index is 0.673. The van der Waals surface area contributed by atoms with E-state index >= 15 is 0 Å². The molecule has 3 nitrogen and oxygen atoms in total. The van der Waals surface area contributed by atoms with E-state index in [2.05, 4.69) is 30.1 Å². The summed E-state index contributed by atoms with van der Waals surface area (Å²) >= 11 is 0. The van der Waals surface area contributed by atoms with Gasteiger partial charge in [0.1, 0.15) is 11.7 Å². The van der Waals surface area contributed by atoms with Crippen LogP contribution < -0.4 is 0 Å². The van der Waals surface area contributed by atoms with Crippen molar-refractivity contribution in [3.05, 3.63) is 58.9 Å². The monoisotopic (exact) mass is 261 g/mol. The van der Waals surface area contributed by atoms with Crippen LogP contribution in [0.3, 0.4) is 0 Å². The lowest BCUT2D eigenvalue weighted by molar-refractivity contribution is 1.07. The van der Waals surface area contributed by atoms with Crippen LogP contribution in [0.25, 0.3) is 16.7 Å². The van der Waals surface area contributed by atoms with Gasteiger partial charge in [-0.05, 0) is 50.1 Å². The second-order valence-corrected chi connectivity index (χ2v) is 5.14. The van der Waals surface area contributed by atoms with Crippen molar-refractivity contribution in [3.63, 3.8) is 0 Å². The minimum absolute atomic E-state index is 0.673. The average Bonchev–Trinajstić information content (AvgIpc) is 2.77. The third-order valence-corrected chi connectivity index (χ3v) is 3.48. The molecule has 0 aliphatic rings. The third-order valence-electron chi connectivity index (χ3n) is 3.48. The summed E-state index contributed by atoms with van der Waals surface area (Å²) in [4.78, 5) is 4.62. The van der Waals surface area contributed by atoms with Crippen molar-refractivity contribution in [2.45, 2.75) is 20.8 Å². The van der Waals surface area contributed by atoms with Gasteiger partial charge in [-0.3, -0.25) is 4.57 Å². The number of hydrogen-bond acceptors (Lipinski definition) is 2. The van der Waals surface area contributed by atoms with E-state index in [4.69, 9.17) is 0 Å². The number of pyridine rings is 1. The first-order valence-electron chi connectivity index (χ1n) is 6.56. The Balaban J connectivity index is 2.40. The number of nitrogens with zero attached hydrogens (tertiary/aromatic N) is 3. The number of benzene rings is 1. The molecular weight excluding hydrogens is 246 g/mol. The largest absolute Gasteiger partial charge is 0.300 e. The first kappa shape index (κ1) is 12.4. The number of nitriles is 1. The Morgan fingerprint density at radius 3 is 2.65 bits per heavy atom. The van der Waals surface area contributed by atoms with E-state index in [1.807, 2.05) is 42.8 Å². The SMILES string of the molecule is Cc1cccc(-n2cc(C#N)c3c(C)cc(C)nc32)c1. The molecule has 2 heterocycles. The average molecular weight is 261 g/mol. The maximum atomic E-state index is 9.35. The Hall–Kier alpha value is -2.60. The standard InChI is InChI=1S/C17H15N3/c1-11-5-4-6-15(7-11)20-10-14(9-18)16-12(2)8-13(3)19-17(16)20/h4-8,10H,1-3H3. The van der Waals surface area contributed by atoms with Crippen molar-refractivity contribution in [1.82, 2.24) is 9.55 Å². The predicted octanol–water partition coefficient (Wildman–Crippen LogP) is 3.82. The number of aromatic nitrogens is 2. The Morgan fingerprint density at radius 2 is 1.95 bits per heavy atom. The van der Waals surface area contributed by atoms with Crippen LogP contribution in [0, 0.1) is 32.1 Å². The fourth-order valence-electron chi connectivity index (χ4n) is 2.64. The van der Waals surface area contributed by atoms with Crippen molar-refractivity contribution in [1.29, 1.82) is 5.26 Å². The molecule has 0 N–H and O–H groups in total. The zero-order valence-corrected chi connectivity index (χ0v) is 11.8. The van der Waals surface area contributed by atoms with Gasteiger partial charge in [0.05, 0.1) is 5.56 Å². The number of rotatable bonds is 1. The highest BCUT2D eigenvalue weighted by atomic mass is 15.0. The Bertz CT molecular complexity index is 851. The van der Waals surface area contributed by atoms with E-state index in [0.717, 1.165) is 28.0 Å². The molecule has 0 amide bonds. The van der Waals surface area contributed by atoms with Crippen LogP contribution in [0.5, 0.6) is 0 Å². The fourth-order valence-corrected chi connectivity index (χ4v) is 2.64. The quantitative estimate of drug-likeness (QED) is 0.668. The predicted molar refractivity (Wildman–Crippen MR) is 80.0 cm³/mol. The molecular formula is C17H15N3. The van der Waals surface area contributed by atoms with Gasteiger partial charge in [-0.2, -0.15) is 5.26 Å². The van der Waals surface area contributed by atoms with Crippen LogP contribution in [0.15, 0.2) is 36.5 Å². The minimum Gasteiger partial charge on any atom is -0.300 e. The molecule has 0 radical (unpaired) electrons. The van der Waals surface area contributed by atoms with E-state index in [-0.39, 0.29) is 0 Å². The van der Waals surface area contributed by atoms with E-state index in [0.29, 0.717) is 5.56 Å². The van der Waals surface area contributed by atoms with Crippen LogP contribution in [0.4, 0.5) is 0 Å². The molecule has 0 fully saturated rings. The zero-order valence-electron chi connectivity index (χ0n) is 11.8. The fraction of sp³-hybridized carbons (Fsp3) is 0.176. The lowest BCUT2D eigenvalue weighted by Gasteiger charge is -2.07. The van der Waals surface area contributed by atoms with Gasteiger partial charge >= 0.3 is 0 Å². The topological polar surface area (TPSA) is 41.6 Å². The Morgan fingerprint density at radius 1 is 1.15 bits per heavy atom. The van der Waals surface area contributed by atoms with Crippen molar-refractivity contribution in [2.24, 2.45) is 0 Å². The molecule has 3 aromatic rings. The van der Waals surface area contributed by atoms with E-state index in [1.54, 1.807) is 0 Å². The summed E-state index contributed by atoms with van der Waals surface area (Å²) in [5, 5.41) is 10.3. The smallest absolute Gasteiger partial charge is 0.146 e. The first-order chi connectivity index (χ1) is 9.60. The van der Waals surface area contributed by atoms with E-state index < -0.39 is 0 Å². The van der Waals surface area contributed by atoms with Crippen LogP contribution >= 0.6 is 0 Å². The van der Waals surface area contributed by atoms with Crippen LogP contribution in [-0.2, 0) is 0 Å². The molecule has 3 rings (SSSR count). The highest BCUT2D eigenvalue weighted by molar-refractivity contribution is 5.88. The lowest BCUT2D eigenvalue weighted by atomic mass is 10.1. The summed E-state index contributed by atoms with van der Waals surface area (Å²) in [5.74, 6) is 0. The van der Waals surface area contributed by atoms with Gasteiger partial charge in [-0.15, -0.1) is 0 Å². The van der Waals surface area contributed by atoms with Crippen LogP contribution in [0.2, 0.25) is 0 Å². The summed E-state index contributed by atoms with van der Waals surface area (Å²) in [6.45, 7) is 6.06. The van der Waals surface area contributed by atoms with Gasteiger partial charge in [0.15, 0.2) is 0 Å². The van der Waals surface area contributed by atoms with Gasteiger partial charge < -0.3 is 0 Å². The molecule has 3 heteroatoms. The van der Waals surface area contributed by atoms with Crippen molar-refractivity contribution >= 4 is 11.0 Å². The molecule has 0 bridgehead atoms. The molecule has 0 aliphatic carbocycles. The molecule has 0 atom stereocenters. The summed E-state index contributed by atoms with van der Waals surface area (Å²) in [7, 11) is 0. The molecule has 20 heavy (non-hydrogen) atoms. The zero-order chi connectivity index (χ0) is 14.3. The van der Waals surface area contributed by atoms with Crippen molar-refractivity contribution in [3.8, 4) is 11.8 Å². The summed E-state index contributed by atoms with van der Waals surface area (Å²) in [5.41, 5.74) is 5.80. The lowest BCUT2D eigenvalue weighted by Crippen LogP contribution is -1.96. The van der Waals surface area contributed by atoms with Gasteiger partial charge in [0.25, 0.3) is 0 Å². The molecule has 0 saturated heterocycles. The van der Waals surface area contributed by atoms with Crippen LogP contribution in [-0.4, -0.2) is 9.55 Å². The molecule has 0 aliphatic heterocycles. The highest BCUT2D eigenvalue weighted by Gasteiger charge is 2.13. The van der Waals surface area contributed by atoms with Gasteiger partial charge in [0.2, 0.25) is 0 Å². The summed E-state index contributed by atoms with van der Waals surface area (Å²) < 4.78 is 2.00. The normalized spacial score (nSPS) is 10.7. The second kappa shape index (κ2) is 4.50. The van der Waals surface area contributed by atoms with Crippen molar-refractivity contribution < 1.29 is 0 Å². The maximum absolute atomic E-state index is 9.35. The Labute approximate surface area is 118 Å². The van der Waals surface area contributed by atoms with Gasteiger partial charge in [0, 0.05) is 23.0 Å².